The van der Waals surface area contributed by atoms with E-state index < -0.39 is 0 Å². The van der Waals surface area contributed by atoms with E-state index in [1.807, 2.05) is 20.8 Å². The molecule has 66 valence electrons. The highest BCUT2D eigenvalue weighted by molar-refractivity contribution is 9.10. The predicted molar refractivity (Wildman–Crippen MR) is 48.1 cm³/mol. The SMILES string of the molecule is CC(C)(C)n1nnc(Br)c1C=O. The molecule has 12 heavy (non-hydrogen) atoms. The standard InChI is InChI=1S/C7H10BrN3O/c1-7(2,3)11-5(4-12)6(8)9-10-11/h4H,1-3H3. The summed E-state index contributed by atoms with van der Waals surface area (Å²) in [5, 5.41) is 7.60. The van der Waals surface area contributed by atoms with Gasteiger partial charge in [0.2, 0.25) is 0 Å². The fourth-order valence-electron chi connectivity index (χ4n) is 0.865. The number of carbonyl (C=O) groups is 1. The van der Waals surface area contributed by atoms with Crippen molar-refractivity contribution in [2.24, 2.45) is 0 Å². The van der Waals surface area contributed by atoms with E-state index in [9.17, 15) is 4.79 Å². The first-order valence-corrected chi connectivity index (χ1v) is 4.33. The van der Waals surface area contributed by atoms with Crippen LogP contribution >= 0.6 is 15.9 Å². The summed E-state index contributed by atoms with van der Waals surface area (Å²) in [7, 11) is 0. The van der Waals surface area contributed by atoms with E-state index in [2.05, 4.69) is 26.2 Å². The summed E-state index contributed by atoms with van der Waals surface area (Å²) in [6, 6.07) is 0. The van der Waals surface area contributed by atoms with Crippen LogP contribution in [0.15, 0.2) is 4.60 Å². The molecule has 0 atom stereocenters. The second-order valence-electron chi connectivity index (χ2n) is 3.47. The number of carbonyl (C=O) groups excluding carboxylic acids is 1. The van der Waals surface area contributed by atoms with Crippen LogP contribution in [0.3, 0.4) is 0 Å². The van der Waals surface area contributed by atoms with Gasteiger partial charge in [-0.15, -0.1) is 5.10 Å². The minimum Gasteiger partial charge on any atom is -0.296 e. The lowest BCUT2D eigenvalue weighted by atomic mass is 10.1. The Bertz CT molecular complexity index is 300. The number of hydrogen-bond acceptors (Lipinski definition) is 3. The van der Waals surface area contributed by atoms with Gasteiger partial charge in [-0.05, 0) is 36.7 Å². The minimum atomic E-state index is -0.213. The third kappa shape index (κ3) is 1.55. The molecular formula is C7H10BrN3O. The molecule has 0 spiro atoms. The maximum atomic E-state index is 10.6. The number of nitrogens with zero attached hydrogens (tertiary/aromatic N) is 3. The van der Waals surface area contributed by atoms with Gasteiger partial charge in [-0.3, -0.25) is 4.79 Å². The van der Waals surface area contributed by atoms with Crippen LogP contribution < -0.4 is 0 Å². The summed E-state index contributed by atoms with van der Waals surface area (Å²) in [5.74, 6) is 0. The lowest BCUT2D eigenvalue weighted by Crippen LogP contribution is -2.25. The average Bonchev–Trinajstić information content (AvgIpc) is 2.29. The highest BCUT2D eigenvalue weighted by Crippen LogP contribution is 2.18. The molecule has 0 unspecified atom stereocenters. The summed E-state index contributed by atoms with van der Waals surface area (Å²) >= 11 is 3.14. The van der Waals surface area contributed by atoms with Gasteiger partial charge >= 0.3 is 0 Å². The first kappa shape index (κ1) is 9.38. The van der Waals surface area contributed by atoms with Gasteiger partial charge in [0, 0.05) is 0 Å². The van der Waals surface area contributed by atoms with Crippen LogP contribution in [0, 0.1) is 0 Å². The number of aromatic nitrogens is 3. The molecule has 0 N–H and O–H groups in total. The largest absolute Gasteiger partial charge is 0.296 e. The van der Waals surface area contributed by atoms with E-state index in [0.717, 1.165) is 6.29 Å². The zero-order chi connectivity index (χ0) is 9.35. The molecule has 0 saturated heterocycles. The molecule has 0 saturated carbocycles. The van der Waals surface area contributed by atoms with Crippen LogP contribution in [0.4, 0.5) is 0 Å². The van der Waals surface area contributed by atoms with Crippen molar-refractivity contribution in [3.8, 4) is 0 Å². The summed E-state index contributed by atoms with van der Waals surface area (Å²) < 4.78 is 2.08. The summed E-state index contributed by atoms with van der Waals surface area (Å²) in [6.45, 7) is 5.88. The van der Waals surface area contributed by atoms with Crippen molar-refractivity contribution < 1.29 is 4.79 Å². The molecule has 1 aromatic rings. The average molecular weight is 232 g/mol. The zero-order valence-electron chi connectivity index (χ0n) is 7.21. The van der Waals surface area contributed by atoms with E-state index in [1.165, 1.54) is 0 Å². The van der Waals surface area contributed by atoms with Crippen molar-refractivity contribution in [1.29, 1.82) is 0 Å². The molecule has 0 bridgehead atoms. The van der Waals surface area contributed by atoms with Crippen molar-refractivity contribution in [2.45, 2.75) is 26.3 Å². The highest BCUT2D eigenvalue weighted by Gasteiger charge is 2.20. The van der Waals surface area contributed by atoms with Crippen molar-refractivity contribution in [1.82, 2.24) is 15.0 Å². The summed E-state index contributed by atoms with van der Waals surface area (Å²) in [5.41, 5.74) is 0.262. The number of rotatable bonds is 1. The maximum Gasteiger partial charge on any atom is 0.170 e. The van der Waals surface area contributed by atoms with Crippen molar-refractivity contribution in [3.63, 3.8) is 0 Å². The van der Waals surface area contributed by atoms with E-state index in [0.29, 0.717) is 10.3 Å². The predicted octanol–water partition coefficient (Wildman–Crippen LogP) is 1.61. The molecule has 0 radical (unpaired) electrons. The molecule has 0 aliphatic rings. The van der Waals surface area contributed by atoms with E-state index in [4.69, 9.17) is 0 Å². The van der Waals surface area contributed by atoms with Crippen LogP contribution in [0.2, 0.25) is 0 Å². The Balaban J connectivity index is 3.25. The molecule has 4 nitrogen and oxygen atoms in total. The normalized spacial score (nSPS) is 11.7. The van der Waals surface area contributed by atoms with Gasteiger partial charge in [-0.2, -0.15) is 0 Å². The van der Waals surface area contributed by atoms with Crippen molar-refractivity contribution >= 4 is 22.2 Å². The first-order valence-electron chi connectivity index (χ1n) is 3.53. The molecule has 0 aliphatic carbocycles. The second-order valence-corrected chi connectivity index (χ2v) is 4.22. The van der Waals surface area contributed by atoms with Gasteiger partial charge in [0.25, 0.3) is 0 Å². The quantitative estimate of drug-likeness (QED) is 0.691. The van der Waals surface area contributed by atoms with Crippen LogP contribution in [-0.4, -0.2) is 21.3 Å². The third-order valence-corrected chi connectivity index (χ3v) is 1.97. The van der Waals surface area contributed by atoms with E-state index in [-0.39, 0.29) is 5.54 Å². The molecule has 0 amide bonds. The minimum absolute atomic E-state index is 0.213. The third-order valence-electron chi connectivity index (χ3n) is 1.41. The Hall–Kier alpha value is -0.710. The molecule has 0 aromatic carbocycles. The Labute approximate surface area is 79.1 Å². The lowest BCUT2D eigenvalue weighted by Gasteiger charge is -2.19. The molecule has 1 aromatic heterocycles. The molecule has 1 heterocycles. The Morgan fingerprint density at radius 3 is 2.42 bits per heavy atom. The van der Waals surface area contributed by atoms with Gasteiger partial charge in [-0.1, -0.05) is 5.21 Å². The fraction of sp³-hybridized carbons (Fsp3) is 0.571. The van der Waals surface area contributed by atoms with Gasteiger partial charge < -0.3 is 0 Å². The number of halogens is 1. The van der Waals surface area contributed by atoms with Gasteiger partial charge in [-0.25, -0.2) is 4.68 Å². The Morgan fingerprint density at radius 2 is 2.08 bits per heavy atom. The topological polar surface area (TPSA) is 47.8 Å². The van der Waals surface area contributed by atoms with Crippen LogP contribution in [0.25, 0.3) is 0 Å². The molecule has 0 aliphatic heterocycles. The summed E-state index contributed by atoms with van der Waals surface area (Å²) in [6.07, 6.45) is 0.745. The van der Waals surface area contributed by atoms with E-state index >= 15 is 0 Å². The zero-order valence-corrected chi connectivity index (χ0v) is 8.79. The number of aldehydes is 1. The van der Waals surface area contributed by atoms with Gasteiger partial charge in [0.05, 0.1) is 5.54 Å². The summed E-state index contributed by atoms with van der Waals surface area (Å²) in [4.78, 5) is 10.6. The maximum absolute atomic E-state index is 10.6. The Kier molecular flexibility index (Phi) is 2.32. The molecule has 0 fully saturated rings. The first-order chi connectivity index (χ1) is 5.46. The second kappa shape index (κ2) is 2.97. The smallest absolute Gasteiger partial charge is 0.170 e. The van der Waals surface area contributed by atoms with Crippen molar-refractivity contribution in [2.75, 3.05) is 0 Å². The van der Waals surface area contributed by atoms with Crippen molar-refractivity contribution in [3.05, 3.63) is 10.3 Å². The fourth-order valence-corrected chi connectivity index (χ4v) is 1.20. The van der Waals surface area contributed by atoms with Gasteiger partial charge in [0.1, 0.15) is 5.69 Å². The van der Waals surface area contributed by atoms with E-state index in [1.54, 1.807) is 4.68 Å². The van der Waals surface area contributed by atoms with Crippen LogP contribution in [0.5, 0.6) is 0 Å². The monoisotopic (exact) mass is 231 g/mol. The molecule has 5 heteroatoms. The van der Waals surface area contributed by atoms with Gasteiger partial charge in [0.15, 0.2) is 10.9 Å². The lowest BCUT2D eigenvalue weighted by molar-refractivity contribution is 0.110. The molecular weight excluding hydrogens is 222 g/mol. The molecule has 1 rings (SSSR count). The highest BCUT2D eigenvalue weighted by atomic mass is 79.9. The number of hydrogen-bond donors (Lipinski definition) is 0. The Morgan fingerprint density at radius 1 is 1.50 bits per heavy atom. The van der Waals surface area contributed by atoms with Crippen LogP contribution in [-0.2, 0) is 5.54 Å². The van der Waals surface area contributed by atoms with Crippen LogP contribution in [0.1, 0.15) is 31.3 Å².